The van der Waals surface area contributed by atoms with Crippen LogP contribution in [0.25, 0.3) is 10.9 Å². The lowest BCUT2D eigenvalue weighted by Crippen LogP contribution is -2.41. The van der Waals surface area contributed by atoms with E-state index in [1.165, 1.54) is 0 Å². The van der Waals surface area contributed by atoms with Gasteiger partial charge in [0.05, 0.1) is 30.2 Å². The van der Waals surface area contributed by atoms with Gasteiger partial charge in [-0.1, -0.05) is 6.07 Å². The zero-order chi connectivity index (χ0) is 22.2. The number of halogens is 2. The molecule has 0 spiro atoms. The Labute approximate surface area is 177 Å². The molecule has 1 fully saturated rings. The van der Waals surface area contributed by atoms with Gasteiger partial charge in [-0.2, -0.15) is 8.78 Å². The largest absolute Gasteiger partial charge is 0.598 e. The van der Waals surface area contributed by atoms with Crippen LogP contribution >= 0.6 is 0 Å². The third kappa shape index (κ3) is 4.61. The second-order valence-electron chi connectivity index (χ2n) is 8.43. The van der Waals surface area contributed by atoms with Gasteiger partial charge in [-0.3, -0.25) is 4.79 Å². The zero-order valence-corrected chi connectivity index (χ0v) is 18.7. The van der Waals surface area contributed by atoms with Gasteiger partial charge >= 0.3 is 6.55 Å². The molecule has 1 aromatic carbocycles. The molecule has 0 saturated carbocycles. The Bertz CT molecular complexity index is 971. The highest BCUT2D eigenvalue weighted by Gasteiger charge is 2.30. The highest BCUT2D eigenvalue weighted by molar-refractivity contribution is 7.90. The van der Waals surface area contributed by atoms with E-state index in [-0.39, 0.29) is 11.3 Å². The number of aromatic nitrogens is 2. The monoisotopic (exact) mass is 442 g/mol. The number of morpholine rings is 1. The Morgan fingerprint density at radius 3 is 2.47 bits per heavy atom. The summed E-state index contributed by atoms with van der Waals surface area (Å²) < 4.78 is 48.6. The third-order valence-corrected chi connectivity index (χ3v) is 6.64. The lowest BCUT2D eigenvalue weighted by molar-refractivity contribution is 0.0649. The lowest BCUT2D eigenvalue weighted by atomic mass is 10.0. The summed E-state index contributed by atoms with van der Waals surface area (Å²) in [6.07, 6.45) is 0. The Balaban J connectivity index is 2.19. The molecule has 0 radical (unpaired) electrons. The van der Waals surface area contributed by atoms with Crippen LogP contribution < -0.4 is 15.2 Å². The van der Waals surface area contributed by atoms with Crippen LogP contribution in [0, 0.1) is 6.92 Å². The van der Waals surface area contributed by atoms with Crippen molar-refractivity contribution in [2.45, 2.75) is 52.0 Å². The summed E-state index contributed by atoms with van der Waals surface area (Å²) in [4.78, 5) is 19.2. The Morgan fingerprint density at radius 1 is 1.27 bits per heavy atom. The number of nitrogens with one attached hydrogen (secondary N) is 1. The van der Waals surface area contributed by atoms with Gasteiger partial charge in [0.1, 0.15) is 4.75 Å². The van der Waals surface area contributed by atoms with E-state index in [0.29, 0.717) is 42.0 Å². The number of anilines is 1. The van der Waals surface area contributed by atoms with Crippen molar-refractivity contribution in [1.29, 1.82) is 0 Å². The molecule has 3 rings (SSSR count). The molecule has 166 valence electrons. The van der Waals surface area contributed by atoms with Gasteiger partial charge < -0.3 is 14.2 Å². The molecule has 30 heavy (non-hydrogen) atoms. The molecule has 1 aromatic heterocycles. The molecule has 0 amide bonds. The van der Waals surface area contributed by atoms with Crippen LogP contribution in [0.2, 0.25) is 0 Å². The highest BCUT2D eigenvalue weighted by Crippen LogP contribution is 2.29. The molecule has 1 aliphatic heterocycles. The first kappa shape index (κ1) is 22.9. The second-order valence-corrected chi connectivity index (χ2v) is 10.4. The standard InChI is InChI=1S/C20H28F2N4O3S/c1-12-10-14(13(2)24-30(28)20(3,4)5)16-15(11-12)17(27)26(18(21)22)19(23-16)25-6-8-29-9-7-25/h10-11,13,18,24H,6-9H2,1-5H3/t13-,30?/m1/s1. The Morgan fingerprint density at radius 2 is 1.90 bits per heavy atom. The van der Waals surface area contributed by atoms with Crippen LogP contribution in [0.4, 0.5) is 14.7 Å². The summed E-state index contributed by atoms with van der Waals surface area (Å²) in [5, 5.41) is 0.123. The van der Waals surface area contributed by atoms with Crippen molar-refractivity contribution in [2.24, 2.45) is 0 Å². The molecule has 7 nitrogen and oxygen atoms in total. The van der Waals surface area contributed by atoms with Crippen LogP contribution in [0.1, 0.15) is 51.4 Å². The van der Waals surface area contributed by atoms with Gasteiger partial charge in [0, 0.05) is 30.0 Å². The molecule has 2 atom stereocenters. The predicted octanol–water partition coefficient (Wildman–Crippen LogP) is 3.05. The van der Waals surface area contributed by atoms with E-state index in [0.717, 1.165) is 5.56 Å². The van der Waals surface area contributed by atoms with Crippen molar-refractivity contribution in [3.05, 3.63) is 33.6 Å². The average Bonchev–Trinajstić information content (AvgIpc) is 2.67. The normalized spacial score (nSPS) is 17.6. The number of fused-ring (bicyclic) bond motifs is 1. The lowest BCUT2D eigenvalue weighted by Gasteiger charge is -2.30. The molecule has 1 N–H and O–H groups in total. The van der Waals surface area contributed by atoms with Crippen LogP contribution in [0.3, 0.4) is 0 Å². The van der Waals surface area contributed by atoms with Gasteiger partial charge in [0.15, 0.2) is 0 Å². The minimum atomic E-state index is -3.01. The zero-order valence-electron chi connectivity index (χ0n) is 17.9. The number of aryl methyl sites for hydroxylation is 1. The third-order valence-electron chi connectivity index (χ3n) is 4.96. The topological polar surface area (TPSA) is 82.4 Å². The molecule has 2 heterocycles. The average molecular weight is 443 g/mol. The fourth-order valence-electron chi connectivity index (χ4n) is 3.36. The fourth-order valence-corrected chi connectivity index (χ4v) is 4.16. The van der Waals surface area contributed by atoms with E-state index in [9.17, 15) is 18.1 Å². The van der Waals surface area contributed by atoms with Gasteiger partial charge in [-0.25, -0.2) is 9.55 Å². The van der Waals surface area contributed by atoms with Gasteiger partial charge in [-0.05, 0) is 46.2 Å². The molecule has 1 saturated heterocycles. The molecule has 0 aliphatic carbocycles. The smallest absolute Gasteiger partial charge is 0.324 e. The number of hydrogen-bond donors (Lipinski definition) is 1. The summed E-state index contributed by atoms with van der Waals surface area (Å²) in [7, 11) is 0. The van der Waals surface area contributed by atoms with Crippen molar-refractivity contribution in [2.75, 3.05) is 31.2 Å². The number of alkyl halides is 2. The van der Waals surface area contributed by atoms with E-state index in [1.54, 1.807) is 17.9 Å². The summed E-state index contributed by atoms with van der Waals surface area (Å²) in [6, 6.07) is 3.02. The first-order valence-electron chi connectivity index (χ1n) is 9.86. The Hall–Kier alpha value is -1.75. The minimum absolute atomic E-state index is 0.0694. The minimum Gasteiger partial charge on any atom is -0.598 e. The molecule has 1 aliphatic rings. The number of nitrogens with zero attached hydrogens (tertiary/aromatic N) is 3. The summed E-state index contributed by atoms with van der Waals surface area (Å²) in [5.74, 6) is -0.0694. The Kier molecular flexibility index (Phi) is 6.71. The van der Waals surface area contributed by atoms with Crippen molar-refractivity contribution in [3.63, 3.8) is 0 Å². The number of hydrogen-bond acceptors (Lipinski definition) is 6. The molecule has 1 unspecified atom stereocenters. The molecule has 2 aromatic rings. The van der Waals surface area contributed by atoms with Crippen molar-refractivity contribution < 1.29 is 18.1 Å². The SMILES string of the molecule is Cc1cc([C@@H](C)N[S+]([O-])C(C)(C)C)c2nc(N3CCOCC3)n(C(F)F)c(=O)c2c1. The van der Waals surface area contributed by atoms with Crippen molar-refractivity contribution in [3.8, 4) is 0 Å². The molecule has 0 bridgehead atoms. The molecule has 10 heteroatoms. The van der Waals surface area contributed by atoms with E-state index in [2.05, 4.69) is 9.71 Å². The van der Waals surface area contributed by atoms with Crippen LogP contribution in [-0.2, 0) is 16.1 Å². The number of benzene rings is 1. The maximum Gasteiger partial charge on any atom is 0.324 e. The summed E-state index contributed by atoms with van der Waals surface area (Å²) >= 11 is -1.35. The van der Waals surface area contributed by atoms with E-state index < -0.39 is 34.3 Å². The van der Waals surface area contributed by atoms with Crippen LogP contribution in [0.5, 0.6) is 0 Å². The van der Waals surface area contributed by atoms with Crippen LogP contribution in [0.15, 0.2) is 16.9 Å². The fraction of sp³-hybridized carbons (Fsp3) is 0.600. The maximum absolute atomic E-state index is 13.8. The van der Waals surface area contributed by atoms with Gasteiger partial charge in [0.25, 0.3) is 5.56 Å². The van der Waals surface area contributed by atoms with Gasteiger partial charge in [-0.15, -0.1) is 4.72 Å². The van der Waals surface area contributed by atoms with Crippen LogP contribution in [-0.4, -0.2) is 45.2 Å². The van der Waals surface area contributed by atoms with E-state index >= 15 is 0 Å². The second kappa shape index (κ2) is 8.78. The summed E-state index contributed by atoms with van der Waals surface area (Å²) in [5.41, 5.74) is 0.947. The number of rotatable bonds is 5. The van der Waals surface area contributed by atoms with E-state index in [1.807, 2.05) is 33.8 Å². The van der Waals surface area contributed by atoms with Crippen molar-refractivity contribution in [1.82, 2.24) is 14.3 Å². The predicted molar refractivity (Wildman–Crippen MR) is 114 cm³/mol. The highest BCUT2D eigenvalue weighted by atomic mass is 32.2. The van der Waals surface area contributed by atoms with E-state index in [4.69, 9.17) is 4.74 Å². The molecular weight excluding hydrogens is 414 g/mol. The quantitative estimate of drug-likeness (QED) is 0.717. The number of ether oxygens (including phenoxy) is 1. The first-order chi connectivity index (χ1) is 14.0. The summed E-state index contributed by atoms with van der Waals surface area (Å²) in [6.45, 7) is 7.65. The van der Waals surface area contributed by atoms with Gasteiger partial charge in [0.2, 0.25) is 5.95 Å². The molecular formula is C20H28F2N4O3S. The maximum atomic E-state index is 13.8. The first-order valence-corrected chi connectivity index (χ1v) is 11.0. The van der Waals surface area contributed by atoms with Crippen molar-refractivity contribution >= 4 is 28.2 Å².